The smallest absolute Gasteiger partial charge is 0.416 e. The van der Waals surface area contributed by atoms with Crippen LogP contribution in [0, 0.1) is 0 Å². The van der Waals surface area contributed by atoms with E-state index in [-0.39, 0.29) is 18.4 Å². The Labute approximate surface area is 118 Å². The van der Waals surface area contributed by atoms with Gasteiger partial charge in [-0.1, -0.05) is 18.2 Å². The van der Waals surface area contributed by atoms with Crippen LogP contribution in [-0.2, 0) is 22.2 Å². The summed E-state index contributed by atoms with van der Waals surface area (Å²) in [5.41, 5.74) is -0.756. The molecule has 3 N–H and O–H groups in total. The maximum Gasteiger partial charge on any atom is 0.416 e. The van der Waals surface area contributed by atoms with Gasteiger partial charge in [-0.05, 0) is 11.6 Å². The van der Waals surface area contributed by atoms with Crippen LogP contribution in [-0.4, -0.2) is 34.7 Å². The molecule has 0 spiro atoms. The van der Waals surface area contributed by atoms with Gasteiger partial charge >= 0.3 is 12.1 Å². The zero-order valence-electron chi connectivity index (χ0n) is 10.9. The molecule has 0 radical (unpaired) electrons. The summed E-state index contributed by atoms with van der Waals surface area (Å²) in [6, 6.07) is 2.97. The average Bonchev–Trinajstić information content (AvgIpc) is 2.37. The monoisotopic (exact) mass is 305 g/mol. The first-order valence-electron chi connectivity index (χ1n) is 6.03. The Morgan fingerprint density at radius 1 is 1.29 bits per heavy atom. The Morgan fingerprint density at radius 3 is 2.48 bits per heavy atom. The van der Waals surface area contributed by atoms with Crippen LogP contribution in [0.15, 0.2) is 24.3 Å². The summed E-state index contributed by atoms with van der Waals surface area (Å²) in [7, 11) is 0. The van der Waals surface area contributed by atoms with Crippen LogP contribution in [0.1, 0.15) is 17.5 Å². The van der Waals surface area contributed by atoms with Crippen molar-refractivity contribution >= 4 is 11.9 Å². The number of hydrogen-bond donors (Lipinski definition) is 3. The molecule has 0 aliphatic heterocycles. The molecule has 0 heterocycles. The number of alkyl halides is 3. The van der Waals surface area contributed by atoms with Gasteiger partial charge in [0.2, 0.25) is 5.91 Å². The Bertz CT molecular complexity index is 516. The van der Waals surface area contributed by atoms with Crippen molar-refractivity contribution in [1.82, 2.24) is 5.32 Å². The number of carbonyl (C=O) groups excluding carboxylic acids is 1. The van der Waals surface area contributed by atoms with Crippen molar-refractivity contribution in [2.75, 3.05) is 6.61 Å². The second-order valence-corrected chi connectivity index (χ2v) is 4.35. The number of amides is 1. The second-order valence-electron chi connectivity index (χ2n) is 4.35. The molecule has 0 fully saturated rings. The van der Waals surface area contributed by atoms with E-state index in [1.807, 2.05) is 0 Å². The minimum absolute atomic E-state index is 0.121. The summed E-state index contributed by atoms with van der Waals surface area (Å²) in [5, 5.41) is 19.6. The molecule has 21 heavy (non-hydrogen) atoms. The highest BCUT2D eigenvalue weighted by molar-refractivity contribution is 5.84. The minimum atomic E-state index is -4.51. The van der Waals surface area contributed by atoms with Crippen molar-refractivity contribution in [3.05, 3.63) is 35.4 Å². The molecule has 0 unspecified atom stereocenters. The molecule has 1 atom stereocenters. The molecule has 1 amide bonds. The number of rotatable bonds is 6. The molecular weight excluding hydrogens is 291 g/mol. The first-order chi connectivity index (χ1) is 9.74. The van der Waals surface area contributed by atoms with Crippen LogP contribution in [0.3, 0.4) is 0 Å². The van der Waals surface area contributed by atoms with E-state index in [2.05, 4.69) is 5.32 Å². The second kappa shape index (κ2) is 7.07. The van der Waals surface area contributed by atoms with Gasteiger partial charge in [0.25, 0.3) is 0 Å². The standard InChI is InChI=1S/C13H14F3NO4/c14-13(15,16)9-3-1-2-8(6-9)7-11(19)17-10(4-5-18)12(20)21/h1-3,6,10,18H,4-5,7H2,(H,17,19)(H,20,21)/t10-/m1/s1. The lowest BCUT2D eigenvalue weighted by atomic mass is 10.1. The molecule has 1 aromatic rings. The number of aliphatic hydroxyl groups is 1. The van der Waals surface area contributed by atoms with E-state index < -0.39 is 36.3 Å². The number of halogens is 3. The first-order valence-corrected chi connectivity index (χ1v) is 6.03. The van der Waals surface area contributed by atoms with Crippen molar-refractivity contribution in [3.63, 3.8) is 0 Å². The molecule has 0 aliphatic carbocycles. The number of hydrogen-bond acceptors (Lipinski definition) is 3. The van der Waals surface area contributed by atoms with Crippen LogP contribution in [0.25, 0.3) is 0 Å². The minimum Gasteiger partial charge on any atom is -0.480 e. The fourth-order valence-corrected chi connectivity index (χ4v) is 1.67. The fraction of sp³-hybridized carbons (Fsp3) is 0.385. The van der Waals surface area contributed by atoms with Crippen molar-refractivity contribution in [2.45, 2.75) is 25.1 Å². The van der Waals surface area contributed by atoms with Crippen molar-refractivity contribution < 1.29 is 33.0 Å². The largest absolute Gasteiger partial charge is 0.480 e. The summed E-state index contributed by atoms with van der Waals surface area (Å²) in [4.78, 5) is 22.4. The predicted molar refractivity (Wildman–Crippen MR) is 66.4 cm³/mol. The van der Waals surface area contributed by atoms with Gasteiger partial charge < -0.3 is 15.5 Å². The molecule has 0 aliphatic rings. The third-order valence-corrected chi connectivity index (χ3v) is 2.67. The van der Waals surface area contributed by atoms with Gasteiger partial charge in [-0.2, -0.15) is 13.2 Å². The van der Waals surface area contributed by atoms with Crippen molar-refractivity contribution in [3.8, 4) is 0 Å². The van der Waals surface area contributed by atoms with Crippen molar-refractivity contribution in [2.24, 2.45) is 0 Å². The number of carbonyl (C=O) groups is 2. The van der Waals surface area contributed by atoms with Crippen LogP contribution in [0.2, 0.25) is 0 Å². The number of carboxylic acids is 1. The van der Waals surface area contributed by atoms with Gasteiger partial charge in [-0.25, -0.2) is 4.79 Å². The number of nitrogens with one attached hydrogen (secondary N) is 1. The maximum absolute atomic E-state index is 12.5. The van der Waals surface area contributed by atoms with E-state index in [9.17, 15) is 22.8 Å². The first kappa shape index (κ1) is 17.0. The number of aliphatic carboxylic acids is 1. The molecule has 0 saturated carbocycles. The molecule has 8 heteroatoms. The Hall–Kier alpha value is -2.09. The quantitative estimate of drug-likeness (QED) is 0.737. The lowest BCUT2D eigenvalue weighted by molar-refractivity contribution is -0.142. The number of benzene rings is 1. The van der Waals surface area contributed by atoms with Crippen LogP contribution in [0.5, 0.6) is 0 Å². The maximum atomic E-state index is 12.5. The topological polar surface area (TPSA) is 86.6 Å². The highest BCUT2D eigenvalue weighted by Crippen LogP contribution is 2.29. The normalized spacial score (nSPS) is 12.8. The third-order valence-electron chi connectivity index (χ3n) is 2.67. The summed E-state index contributed by atoms with van der Waals surface area (Å²) < 4.78 is 37.5. The van der Waals surface area contributed by atoms with Gasteiger partial charge in [0.05, 0.1) is 12.0 Å². The zero-order valence-corrected chi connectivity index (χ0v) is 10.9. The van der Waals surface area contributed by atoms with E-state index in [0.717, 1.165) is 12.1 Å². The average molecular weight is 305 g/mol. The van der Waals surface area contributed by atoms with Gasteiger partial charge in [0.15, 0.2) is 0 Å². The molecule has 0 aromatic heterocycles. The third kappa shape index (κ3) is 5.42. The van der Waals surface area contributed by atoms with Crippen LogP contribution in [0.4, 0.5) is 13.2 Å². The molecule has 0 saturated heterocycles. The van der Waals surface area contributed by atoms with Crippen molar-refractivity contribution in [1.29, 1.82) is 0 Å². The molecular formula is C13H14F3NO4. The predicted octanol–water partition coefficient (Wildman–Crippen LogP) is 1.20. The molecule has 5 nitrogen and oxygen atoms in total. The fourth-order valence-electron chi connectivity index (χ4n) is 1.67. The Balaban J connectivity index is 2.73. The highest BCUT2D eigenvalue weighted by Gasteiger charge is 2.30. The van der Waals surface area contributed by atoms with E-state index >= 15 is 0 Å². The number of aliphatic hydroxyl groups excluding tert-OH is 1. The summed E-state index contributed by atoms with van der Waals surface area (Å²) in [6.45, 7) is -0.430. The van der Waals surface area contributed by atoms with E-state index in [0.29, 0.717) is 0 Å². The van der Waals surface area contributed by atoms with Gasteiger partial charge in [-0.15, -0.1) is 0 Å². The van der Waals surface area contributed by atoms with Crippen LogP contribution >= 0.6 is 0 Å². The van der Waals surface area contributed by atoms with Crippen LogP contribution < -0.4 is 5.32 Å². The SMILES string of the molecule is O=C(Cc1cccc(C(F)(F)F)c1)N[C@H](CCO)C(=O)O. The molecule has 116 valence electrons. The lowest BCUT2D eigenvalue weighted by Gasteiger charge is -2.13. The zero-order chi connectivity index (χ0) is 16.0. The van der Waals surface area contributed by atoms with E-state index in [1.165, 1.54) is 12.1 Å². The van der Waals surface area contributed by atoms with Gasteiger partial charge in [-0.3, -0.25) is 4.79 Å². The molecule has 1 rings (SSSR count). The lowest BCUT2D eigenvalue weighted by Crippen LogP contribution is -2.42. The summed E-state index contributed by atoms with van der Waals surface area (Å²) in [6.07, 6.45) is -5.06. The van der Waals surface area contributed by atoms with Gasteiger partial charge in [0.1, 0.15) is 6.04 Å². The van der Waals surface area contributed by atoms with E-state index in [4.69, 9.17) is 10.2 Å². The molecule has 1 aromatic carbocycles. The van der Waals surface area contributed by atoms with Gasteiger partial charge in [0, 0.05) is 13.0 Å². The highest BCUT2D eigenvalue weighted by atomic mass is 19.4. The Morgan fingerprint density at radius 2 is 1.95 bits per heavy atom. The van der Waals surface area contributed by atoms with E-state index in [1.54, 1.807) is 0 Å². The summed E-state index contributed by atoms with van der Waals surface area (Å²) in [5.74, 6) is -2.04. The number of carboxylic acid groups (broad SMARTS) is 1. The molecule has 0 bridgehead atoms. The Kier molecular flexibility index (Phi) is 5.71. The summed E-state index contributed by atoms with van der Waals surface area (Å²) >= 11 is 0.